The van der Waals surface area contributed by atoms with Crippen molar-refractivity contribution in [2.75, 3.05) is 39.6 Å². The van der Waals surface area contributed by atoms with Crippen molar-refractivity contribution in [3.63, 3.8) is 0 Å². The highest BCUT2D eigenvalue weighted by Gasteiger charge is 2.30. The number of hydrogen-bond donors (Lipinski definition) is 1. The van der Waals surface area contributed by atoms with Gasteiger partial charge < -0.3 is 15.0 Å². The first kappa shape index (κ1) is 16.0. The van der Waals surface area contributed by atoms with Gasteiger partial charge in [0.2, 0.25) is 0 Å². The van der Waals surface area contributed by atoms with Crippen molar-refractivity contribution in [1.29, 1.82) is 0 Å². The molecule has 6 heteroatoms. The molecule has 0 bridgehead atoms. The van der Waals surface area contributed by atoms with Crippen LogP contribution in [0.2, 0.25) is 0 Å². The summed E-state index contributed by atoms with van der Waals surface area (Å²) in [5.74, 6) is 0.193. The number of ether oxygens (including phenoxy) is 1. The van der Waals surface area contributed by atoms with E-state index >= 15 is 0 Å². The number of carbonyl (C=O) groups is 2. The van der Waals surface area contributed by atoms with Crippen LogP contribution in [0.5, 0.6) is 5.75 Å². The average Bonchev–Trinajstić information content (AvgIpc) is 2.75. The maximum atomic E-state index is 12.3. The van der Waals surface area contributed by atoms with E-state index in [-0.39, 0.29) is 11.8 Å². The molecule has 2 amide bonds. The molecule has 2 rings (SSSR count). The van der Waals surface area contributed by atoms with Crippen LogP contribution in [-0.2, 0) is 9.59 Å². The Morgan fingerprint density at radius 1 is 1.18 bits per heavy atom. The summed E-state index contributed by atoms with van der Waals surface area (Å²) in [5, 5.41) is 2.98. The molecule has 0 saturated carbocycles. The molecule has 1 heterocycles. The highest BCUT2D eigenvalue weighted by Crippen LogP contribution is 2.20. The van der Waals surface area contributed by atoms with Crippen LogP contribution in [0.1, 0.15) is 6.42 Å². The Labute approximate surface area is 130 Å². The third-order valence-electron chi connectivity index (χ3n) is 3.37. The van der Waals surface area contributed by atoms with Crippen molar-refractivity contribution >= 4 is 17.5 Å². The first-order valence-corrected chi connectivity index (χ1v) is 7.14. The van der Waals surface area contributed by atoms with Gasteiger partial charge in [0.05, 0.1) is 7.11 Å². The quantitative estimate of drug-likeness (QED) is 0.770. The molecule has 0 aromatic heterocycles. The van der Waals surface area contributed by atoms with Gasteiger partial charge in [-0.05, 0) is 51.3 Å². The second-order valence-corrected chi connectivity index (χ2v) is 5.36. The van der Waals surface area contributed by atoms with E-state index in [4.69, 9.17) is 4.74 Å². The number of anilines is 1. The molecule has 1 N–H and O–H groups in total. The van der Waals surface area contributed by atoms with Gasteiger partial charge in [0.25, 0.3) is 11.8 Å². The summed E-state index contributed by atoms with van der Waals surface area (Å²) in [6.45, 7) is 1.26. The molecule has 0 aliphatic carbocycles. The molecule has 1 aliphatic heterocycles. The van der Waals surface area contributed by atoms with E-state index < -0.39 is 0 Å². The van der Waals surface area contributed by atoms with Gasteiger partial charge in [0.15, 0.2) is 0 Å². The number of nitrogens with zero attached hydrogens (tertiary/aromatic N) is 2. The summed E-state index contributed by atoms with van der Waals surface area (Å²) in [4.78, 5) is 27.5. The molecule has 0 spiro atoms. The Bertz CT molecular complexity index is 579. The highest BCUT2D eigenvalue weighted by molar-refractivity contribution is 6.17. The van der Waals surface area contributed by atoms with Crippen molar-refractivity contribution in [3.8, 4) is 5.75 Å². The Kier molecular flexibility index (Phi) is 5.16. The topological polar surface area (TPSA) is 61.9 Å². The summed E-state index contributed by atoms with van der Waals surface area (Å²) < 4.78 is 5.08. The maximum absolute atomic E-state index is 12.3. The lowest BCUT2D eigenvalue weighted by Crippen LogP contribution is -2.34. The molecule has 22 heavy (non-hydrogen) atoms. The lowest BCUT2D eigenvalue weighted by Gasteiger charge is -2.16. The first-order valence-electron chi connectivity index (χ1n) is 7.14. The molecule has 0 unspecified atom stereocenters. The van der Waals surface area contributed by atoms with Crippen LogP contribution in [0, 0.1) is 0 Å². The molecular weight excluding hydrogens is 282 g/mol. The summed E-state index contributed by atoms with van der Waals surface area (Å²) >= 11 is 0. The van der Waals surface area contributed by atoms with Crippen molar-refractivity contribution in [1.82, 2.24) is 9.80 Å². The van der Waals surface area contributed by atoms with Gasteiger partial charge in [-0.15, -0.1) is 0 Å². The number of benzene rings is 1. The van der Waals surface area contributed by atoms with Gasteiger partial charge in [0.1, 0.15) is 11.4 Å². The van der Waals surface area contributed by atoms with Crippen molar-refractivity contribution in [3.05, 3.63) is 36.0 Å². The molecule has 0 saturated heterocycles. The summed E-state index contributed by atoms with van der Waals surface area (Å²) in [7, 11) is 5.51. The molecule has 0 atom stereocenters. The Morgan fingerprint density at radius 2 is 1.86 bits per heavy atom. The minimum absolute atomic E-state index is 0.264. The van der Waals surface area contributed by atoms with Crippen LogP contribution in [0.3, 0.4) is 0 Å². The molecule has 1 aromatic rings. The predicted molar refractivity (Wildman–Crippen MR) is 84.6 cm³/mol. The fourth-order valence-electron chi connectivity index (χ4n) is 2.18. The van der Waals surface area contributed by atoms with Crippen molar-refractivity contribution in [2.24, 2.45) is 0 Å². The smallest absolute Gasteiger partial charge is 0.277 e. The van der Waals surface area contributed by atoms with E-state index in [1.165, 1.54) is 11.0 Å². The van der Waals surface area contributed by atoms with Crippen LogP contribution >= 0.6 is 0 Å². The van der Waals surface area contributed by atoms with Crippen LogP contribution in [-0.4, -0.2) is 55.9 Å². The van der Waals surface area contributed by atoms with Crippen LogP contribution in [0.15, 0.2) is 36.0 Å². The molecule has 0 radical (unpaired) electrons. The van der Waals surface area contributed by atoms with Crippen LogP contribution in [0.4, 0.5) is 5.69 Å². The zero-order valence-electron chi connectivity index (χ0n) is 13.1. The van der Waals surface area contributed by atoms with Gasteiger partial charge in [-0.25, -0.2) is 0 Å². The number of imide groups is 1. The minimum atomic E-state index is -0.278. The second kappa shape index (κ2) is 7.09. The summed E-state index contributed by atoms with van der Waals surface area (Å²) in [5.41, 5.74) is 1.04. The Hall–Kier alpha value is -2.34. The first-order chi connectivity index (χ1) is 10.5. The monoisotopic (exact) mass is 303 g/mol. The highest BCUT2D eigenvalue weighted by atomic mass is 16.5. The fourth-order valence-corrected chi connectivity index (χ4v) is 2.18. The number of nitrogens with one attached hydrogen (secondary N) is 1. The van der Waals surface area contributed by atoms with E-state index in [1.54, 1.807) is 31.4 Å². The number of amides is 2. The lowest BCUT2D eigenvalue weighted by atomic mass is 10.3. The lowest BCUT2D eigenvalue weighted by molar-refractivity contribution is -0.137. The summed E-state index contributed by atoms with van der Waals surface area (Å²) in [6.07, 6.45) is 2.11. The summed E-state index contributed by atoms with van der Waals surface area (Å²) in [6, 6.07) is 7.18. The zero-order chi connectivity index (χ0) is 16.1. The molecule has 6 nitrogen and oxygen atoms in total. The fraction of sp³-hybridized carbons (Fsp3) is 0.375. The van der Waals surface area contributed by atoms with Gasteiger partial charge in [-0.2, -0.15) is 0 Å². The molecule has 1 aliphatic rings. The van der Waals surface area contributed by atoms with E-state index in [9.17, 15) is 9.59 Å². The molecular formula is C16H21N3O3. The van der Waals surface area contributed by atoms with E-state index in [1.807, 2.05) is 19.0 Å². The predicted octanol–water partition coefficient (Wildman–Crippen LogP) is 1.31. The number of carbonyl (C=O) groups excluding carboxylic acids is 2. The normalized spacial score (nSPS) is 14.5. The standard InChI is InChI=1S/C16H21N3O3/c1-18(2)9-4-10-19-15(20)11-14(16(19)21)17-12-5-7-13(22-3)8-6-12/h5-8,11,17H,4,9-10H2,1-3H3. The van der Waals surface area contributed by atoms with Gasteiger partial charge >= 0.3 is 0 Å². The van der Waals surface area contributed by atoms with E-state index in [2.05, 4.69) is 5.32 Å². The van der Waals surface area contributed by atoms with Crippen molar-refractivity contribution < 1.29 is 14.3 Å². The van der Waals surface area contributed by atoms with Gasteiger partial charge in [-0.1, -0.05) is 0 Å². The van der Waals surface area contributed by atoms with Gasteiger partial charge in [0, 0.05) is 18.3 Å². The SMILES string of the molecule is COc1ccc(NC2=CC(=O)N(CCCN(C)C)C2=O)cc1. The molecule has 0 fully saturated rings. The Balaban J connectivity index is 1.96. The zero-order valence-corrected chi connectivity index (χ0v) is 13.1. The Morgan fingerprint density at radius 3 is 2.45 bits per heavy atom. The second-order valence-electron chi connectivity index (χ2n) is 5.36. The largest absolute Gasteiger partial charge is 0.497 e. The maximum Gasteiger partial charge on any atom is 0.277 e. The van der Waals surface area contributed by atoms with Crippen LogP contribution in [0.25, 0.3) is 0 Å². The van der Waals surface area contributed by atoms with Crippen LogP contribution < -0.4 is 10.1 Å². The van der Waals surface area contributed by atoms with E-state index in [0.29, 0.717) is 12.2 Å². The molecule has 1 aromatic carbocycles. The van der Waals surface area contributed by atoms with E-state index in [0.717, 1.165) is 24.4 Å². The van der Waals surface area contributed by atoms with Crippen molar-refractivity contribution in [2.45, 2.75) is 6.42 Å². The number of methoxy groups -OCH3 is 1. The molecule has 118 valence electrons. The average molecular weight is 303 g/mol. The third kappa shape index (κ3) is 3.85. The minimum Gasteiger partial charge on any atom is -0.497 e. The van der Waals surface area contributed by atoms with Gasteiger partial charge in [-0.3, -0.25) is 14.5 Å². The third-order valence-corrected chi connectivity index (χ3v) is 3.37. The number of hydrogen-bond acceptors (Lipinski definition) is 5. The number of rotatable bonds is 7.